The Bertz CT molecular complexity index is 777. The fraction of sp³-hybridized carbons (Fsp3) is 0.588. The highest BCUT2D eigenvalue weighted by Gasteiger charge is 2.26. The van der Waals surface area contributed by atoms with Crippen molar-refractivity contribution in [2.45, 2.75) is 32.9 Å². The number of amides is 1. The zero-order valence-electron chi connectivity index (χ0n) is 15.0. The van der Waals surface area contributed by atoms with Crippen LogP contribution >= 0.6 is 11.3 Å². The van der Waals surface area contributed by atoms with Gasteiger partial charge in [-0.3, -0.25) is 4.79 Å². The number of carbonyl (C=O) groups is 1. The molecule has 136 valence electrons. The van der Waals surface area contributed by atoms with Crippen LogP contribution in [0.5, 0.6) is 5.88 Å². The molecule has 0 saturated carbocycles. The Morgan fingerprint density at radius 3 is 2.88 bits per heavy atom. The van der Waals surface area contributed by atoms with Gasteiger partial charge in [0.1, 0.15) is 11.4 Å². The summed E-state index contributed by atoms with van der Waals surface area (Å²) >= 11 is 1.38. The van der Waals surface area contributed by atoms with Gasteiger partial charge in [0.05, 0.1) is 17.4 Å². The minimum absolute atomic E-state index is 0.0467. The number of hydrogen-bond donors (Lipinski definition) is 2. The normalized spacial score (nSPS) is 20.6. The van der Waals surface area contributed by atoms with Crippen LogP contribution in [-0.2, 0) is 11.3 Å². The Morgan fingerprint density at radius 2 is 2.20 bits per heavy atom. The van der Waals surface area contributed by atoms with Gasteiger partial charge in [-0.1, -0.05) is 6.92 Å². The third-order valence-corrected chi connectivity index (χ3v) is 5.76. The van der Waals surface area contributed by atoms with E-state index in [4.69, 9.17) is 9.47 Å². The summed E-state index contributed by atoms with van der Waals surface area (Å²) in [7, 11) is 3.17. The summed E-state index contributed by atoms with van der Waals surface area (Å²) in [6.07, 6.45) is 0.942. The fourth-order valence-corrected chi connectivity index (χ4v) is 4.26. The van der Waals surface area contributed by atoms with Gasteiger partial charge in [-0.25, -0.2) is 4.98 Å². The van der Waals surface area contributed by atoms with Gasteiger partial charge in [0.2, 0.25) is 5.88 Å². The van der Waals surface area contributed by atoms with Crippen molar-refractivity contribution in [3.8, 4) is 5.88 Å². The predicted octanol–water partition coefficient (Wildman–Crippen LogP) is 1.88. The van der Waals surface area contributed by atoms with Crippen LogP contribution in [-0.4, -0.2) is 49.2 Å². The second-order valence-corrected chi connectivity index (χ2v) is 7.37. The monoisotopic (exact) mass is 364 g/mol. The molecule has 2 unspecified atom stereocenters. The molecule has 25 heavy (non-hydrogen) atoms. The molecule has 3 rings (SSSR count). The van der Waals surface area contributed by atoms with Crippen LogP contribution in [0.1, 0.15) is 34.4 Å². The maximum Gasteiger partial charge on any atom is 0.261 e. The number of ether oxygens (including phenoxy) is 2. The molecule has 2 aromatic heterocycles. The Balaban J connectivity index is 1.93. The molecule has 0 spiro atoms. The highest BCUT2D eigenvalue weighted by Crippen LogP contribution is 2.35. The second-order valence-electron chi connectivity index (χ2n) is 6.37. The van der Waals surface area contributed by atoms with Gasteiger partial charge in [0, 0.05) is 13.2 Å². The first-order valence-corrected chi connectivity index (χ1v) is 9.21. The summed E-state index contributed by atoms with van der Waals surface area (Å²) in [6, 6.07) is 0.190. The summed E-state index contributed by atoms with van der Waals surface area (Å²) in [5.41, 5.74) is 0.861. The molecule has 7 nitrogen and oxygen atoms in total. The quantitative estimate of drug-likeness (QED) is 0.843. The lowest BCUT2D eigenvalue weighted by atomic mass is 9.95. The molecule has 2 atom stereocenters. The Morgan fingerprint density at radius 1 is 1.40 bits per heavy atom. The number of methoxy groups -OCH3 is 2. The van der Waals surface area contributed by atoms with Crippen molar-refractivity contribution in [3.05, 3.63) is 16.3 Å². The van der Waals surface area contributed by atoms with Gasteiger partial charge in [0.25, 0.3) is 5.91 Å². The molecule has 2 N–H and O–H groups in total. The maximum absolute atomic E-state index is 12.8. The van der Waals surface area contributed by atoms with Gasteiger partial charge < -0.3 is 20.1 Å². The lowest BCUT2D eigenvalue weighted by Crippen LogP contribution is -2.48. The first kappa shape index (κ1) is 18.0. The molecule has 0 aliphatic carbocycles. The van der Waals surface area contributed by atoms with Crippen LogP contribution in [0, 0.1) is 12.8 Å². The summed E-state index contributed by atoms with van der Waals surface area (Å²) in [5.74, 6) is 1.40. The van der Waals surface area contributed by atoms with Crippen LogP contribution in [0.25, 0.3) is 10.2 Å². The van der Waals surface area contributed by atoms with E-state index >= 15 is 0 Å². The highest BCUT2D eigenvalue weighted by molar-refractivity contribution is 7.20. The Kier molecular flexibility index (Phi) is 5.51. The van der Waals surface area contributed by atoms with Crippen molar-refractivity contribution in [2.24, 2.45) is 5.92 Å². The number of carbonyl (C=O) groups excluding carboxylic acids is 1. The molecule has 0 radical (unpaired) electrons. The van der Waals surface area contributed by atoms with E-state index < -0.39 is 0 Å². The molecule has 8 heteroatoms. The average Bonchev–Trinajstić information content (AvgIpc) is 2.93. The van der Waals surface area contributed by atoms with Crippen molar-refractivity contribution in [1.82, 2.24) is 20.6 Å². The van der Waals surface area contributed by atoms with Crippen LogP contribution in [0.2, 0.25) is 0 Å². The van der Waals surface area contributed by atoms with E-state index in [1.165, 1.54) is 11.3 Å². The van der Waals surface area contributed by atoms with Crippen LogP contribution in [0.15, 0.2) is 0 Å². The van der Waals surface area contributed by atoms with E-state index in [0.717, 1.165) is 35.3 Å². The van der Waals surface area contributed by atoms with Crippen molar-refractivity contribution in [3.63, 3.8) is 0 Å². The third kappa shape index (κ3) is 3.61. The van der Waals surface area contributed by atoms with E-state index in [9.17, 15) is 4.79 Å². The number of nitrogens with zero attached hydrogens (tertiary/aromatic N) is 2. The maximum atomic E-state index is 12.8. The minimum atomic E-state index is -0.0467. The fourth-order valence-electron chi connectivity index (χ4n) is 3.16. The van der Waals surface area contributed by atoms with Crippen molar-refractivity contribution in [1.29, 1.82) is 0 Å². The zero-order valence-corrected chi connectivity index (χ0v) is 15.8. The lowest BCUT2D eigenvalue weighted by Gasteiger charge is -2.30. The van der Waals surface area contributed by atoms with Gasteiger partial charge in [-0.05, 0) is 37.9 Å². The molecular formula is C17H24N4O3S. The molecule has 3 heterocycles. The van der Waals surface area contributed by atoms with Gasteiger partial charge in [0.15, 0.2) is 5.82 Å². The van der Waals surface area contributed by atoms with Crippen LogP contribution in [0.4, 0.5) is 0 Å². The van der Waals surface area contributed by atoms with Crippen molar-refractivity contribution < 1.29 is 14.3 Å². The van der Waals surface area contributed by atoms with Crippen molar-refractivity contribution in [2.75, 3.05) is 27.3 Å². The number of piperidine rings is 1. The summed E-state index contributed by atoms with van der Waals surface area (Å²) < 4.78 is 10.5. The topological polar surface area (TPSA) is 85.4 Å². The molecule has 2 aromatic rings. The van der Waals surface area contributed by atoms with E-state index in [-0.39, 0.29) is 11.9 Å². The summed E-state index contributed by atoms with van der Waals surface area (Å²) in [6.45, 7) is 6.23. The first-order chi connectivity index (χ1) is 12.0. The Labute approximate surface area is 151 Å². The molecule has 1 amide bonds. The SMILES string of the molecule is COCc1nc(OC)c2c(C)c(C(=O)NC3CCNCC3C)sc2n1. The van der Waals surface area contributed by atoms with E-state index in [2.05, 4.69) is 27.5 Å². The average molecular weight is 364 g/mol. The minimum Gasteiger partial charge on any atom is -0.480 e. The number of aromatic nitrogens is 2. The van der Waals surface area contributed by atoms with E-state index in [0.29, 0.717) is 29.1 Å². The van der Waals surface area contributed by atoms with Crippen LogP contribution in [0.3, 0.4) is 0 Å². The van der Waals surface area contributed by atoms with E-state index in [1.807, 2.05) is 6.92 Å². The molecule has 1 aliphatic rings. The summed E-state index contributed by atoms with van der Waals surface area (Å²) in [5, 5.41) is 7.33. The molecule has 1 aliphatic heterocycles. The molecule has 0 bridgehead atoms. The molecular weight excluding hydrogens is 340 g/mol. The molecule has 1 fully saturated rings. The van der Waals surface area contributed by atoms with Crippen molar-refractivity contribution >= 4 is 27.5 Å². The smallest absolute Gasteiger partial charge is 0.261 e. The standard InChI is InChI=1S/C17H24N4O3S/c1-9-7-18-6-5-11(9)19-15(22)14-10(2)13-16(24-4)20-12(8-23-3)21-17(13)25-14/h9,11,18H,5-8H2,1-4H3,(H,19,22). The van der Waals surface area contributed by atoms with Gasteiger partial charge in [-0.15, -0.1) is 11.3 Å². The highest BCUT2D eigenvalue weighted by atomic mass is 32.1. The summed E-state index contributed by atoms with van der Waals surface area (Å²) in [4.78, 5) is 23.1. The zero-order chi connectivity index (χ0) is 18.0. The number of thiophene rings is 1. The van der Waals surface area contributed by atoms with E-state index in [1.54, 1.807) is 14.2 Å². The lowest BCUT2D eigenvalue weighted by molar-refractivity contribution is 0.0918. The second kappa shape index (κ2) is 7.63. The number of nitrogens with one attached hydrogen (secondary N) is 2. The Hall–Kier alpha value is -1.77. The third-order valence-electron chi connectivity index (χ3n) is 4.58. The van der Waals surface area contributed by atoms with Crippen LogP contribution < -0.4 is 15.4 Å². The molecule has 1 saturated heterocycles. The predicted molar refractivity (Wildman–Crippen MR) is 97.3 cm³/mol. The largest absolute Gasteiger partial charge is 0.480 e. The number of fused-ring (bicyclic) bond motifs is 1. The van der Waals surface area contributed by atoms with Gasteiger partial charge in [-0.2, -0.15) is 4.98 Å². The number of aryl methyl sites for hydroxylation is 1. The number of rotatable bonds is 5. The van der Waals surface area contributed by atoms with Gasteiger partial charge >= 0.3 is 0 Å². The molecule has 0 aromatic carbocycles. The first-order valence-electron chi connectivity index (χ1n) is 8.39. The number of hydrogen-bond acceptors (Lipinski definition) is 7.